The highest BCUT2D eigenvalue weighted by Crippen LogP contribution is 2.24. The van der Waals surface area contributed by atoms with Crippen molar-refractivity contribution in [3.8, 4) is 0 Å². The normalized spacial score (nSPS) is 21.0. The molecule has 1 aliphatic heterocycles. The third-order valence-corrected chi connectivity index (χ3v) is 3.13. The van der Waals surface area contributed by atoms with Gasteiger partial charge in [0.1, 0.15) is 5.76 Å². The van der Waals surface area contributed by atoms with Crippen LogP contribution in [0.15, 0.2) is 21.2 Å². The summed E-state index contributed by atoms with van der Waals surface area (Å²) in [7, 11) is 0. The fraction of sp³-hybridized carbons (Fsp3) is 0.600. The Morgan fingerprint density at radius 1 is 1.43 bits per heavy atom. The number of furan rings is 1. The lowest BCUT2D eigenvalue weighted by Gasteiger charge is -2.31. The molecule has 4 heteroatoms. The number of rotatable bonds is 2. The van der Waals surface area contributed by atoms with Crippen molar-refractivity contribution in [2.75, 3.05) is 26.2 Å². The van der Waals surface area contributed by atoms with E-state index in [1.807, 2.05) is 12.1 Å². The Morgan fingerprint density at radius 2 is 2.14 bits per heavy atom. The lowest BCUT2D eigenvalue weighted by atomic mass is 10.2. The summed E-state index contributed by atoms with van der Waals surface area (Å²) >= 11 is 3.33. The second kappa shape index (κ2) is 4.47. The number of piperazine rings is 1. The van der Waals surface area contributed by atoms with Gasteiger partial charge in [-0.05, 0) is 35.0 Å². The summed E-state index contributed by atoms with van der Waals surface area (Å²) in [6.07, 6.45) is 0. The first-order valence-electron chi connectivity index (χ1n) is 4.97. The van der Waals surface area contributed by atoms with E-state index in [2.05, 4.69) is 33.1 Å². The monoisotopic (exact) mass is 258 g/mol. The molecule has 1 fully saturated rings. The van der Waals surface area contributed by atoms with Gasteiger partial charge in [0.05, 0.1) is 6.04 Å². The molecule has 0 saturated carbocycles. The van der Waals surface area contributed by atoms with Gasteiger partial charge in [0, 0.05) is 26.2 Å². The summed E-state index contributed by atoms with van der Waals surface area (Å²) in [5, 5.41) is 3.34. The van der Waals surface area contributed by atoms with E-state index in [0.717, 1.165) is 36.6 Å². The third-order valence-electron chi connectivity index (χ3n) is 2.71. The first kappa shape index (κ1) is 10.2. The molecule has 1 aliphatic rings. The number of hydrogen-bond donors (Lipinski definition) is 1. The van der Waals surface area contributed by atoms with Crippen LogP contribution in [0.25, 0.3) is 0 Å². The largest absolute Gasteiger partial charge is 0.453 e. The molecule has 0 spiro atoms. The van der Waals surface area contributed by atoms with E-state index in [4.69, 9.17) is 4.42 Å². The van der Waals surface area contributed by atoms with Crippen LogP contribution in [0.3, 0.4) is 0 Å². The van der Waals surface area contributed by atoms with Gasteiger partial charge in [-0.3, -0.25) is 4.90 Å². The average Bonchev–Trinajstić information content (AvgIpc) is 2.65. The topological polar surface area (TPSA) is 28.4 Å². The van der Waals surface area contributed by atoms with Crippen LogP contribution in [0.5, 0.6) is 0 Å². The van der Waals surface area contributed by atoms with Crippen LogP contribution in [-0.2, 0) is 0 Å². The van der Waals surface area contributed by atoms with Crippen molar-refractivity contribution in [1.29, 1.82) is 0 Å². The van der Waals surface area contributed by atoms with Gasteiger partial charge in [-0.2, -0.15) is 0 Å². The first-order valence-corrected chi connectivity index (χ1v) is 5.76. The van der Waals surface area contributed by atoms with Crippen LogP contribution in [0.2, 0.25) is 0 Å². The van der Waals surface area contributed by atoms with E-state index in [1.165, 1.54) is 0 Å². The summed E-state index contributed by atoms with van der Waals surface area (Å²) in [6.45, 7) is 6.54. The second-order valence-electron chi connectivity index (χ2n) is 3.60. The molecule has 0 aliphatic carbocycles. The third kappa shape index (κ3) is 2.19. The molecule has 0 bridgehead atoms. The molecule has 1 N–H and O–H groups in total. The van der Waals surface area contributed by atoms with Crippen molar-refractivity contribution in [3.05, 3.63) is 22.6 Å². The molecule has 1 aromatic heterocycles. The molecule has 14 heavy (non-hydrogen) atoms. The highest BCUT2D eigenvalue weighted by atomic mass is 79.9. The Morgan fingerprint density at radius 3 is 2.71 bits per heavy atom. The van der Waals surface area contributed by atoms with Gasteiger partial charge in [-0.25, -0.2) is 0 Å². The summed E-state index contributed by atoms with van der Waals surface area (Å²) in [6, 6.07) is 4.37. The Hall–Kier alpha value is -0.320. The zero-order valence-corrected chi connectivity index (χ0v) is 9.88. The fourth-order valence-electron chi connectivity index (χ4n) is 1.80. The van der Waals surface area contributed by atoms with Gasteiger partial charge in [0.25, 0.3) is 0 Å². The Bertz CT molecular complexity index is 294. The summed E-state index contributed by atoms with van der Waals surface area (Å²) in [5.74, 6) is 1.04. The first-order chi connectivity index (χ1) is 6.77. The minimum absolute atomic E-state index is 0.378. The SMILES string of the molecule is C[C@@H](c1ccc(Br)o1)N1CCNCC1. The molecule has 2 heterocycles. The van der Waals surface area contributed by atoms with E-state index in [-0.39, 0.29) is 0 Å². The van der Waals surface area contributed by atoms with E-state index >= 15 is 0 Å². The quantitative estimate of drug-likeness (QED) is 0.880. The van der Waals surface area contributed by atoms with Crippen LogP contribution >= 0.6 is 15.9 Å². The molecular weight excluding hydrogens is 244 g/mol. The van der Waals surface area contributed by atoms with Crippen LogP contribution < -0.4 is 5.32 Å². The molecule has 1 aromatic rings. The van der Waals surface area contributed by atoms with E-state index in [0.29, 0.717) is 6.04 Å². The van der Waals surface area contributed by atoms with Gasteiger partial charge >= 0.3 is 0 Å². The van der Waals surface area contributed by atoms with Gasteiger partial charge < -0.3 is 9.73 Å². The fourth-order valence-corrected chi connectivity index (χ4v) is 2.12. The molecular formula is C10H15BrN2O. The molecule has 1 saturated heterocycles. The number of nitrogens with one attached hydrogen (secondary N) is 1. The summed E-state index contributed by atoms with van der Waals surface area (Å²) in [5.41, 5.74) is 0. The zero-order valence-electron chi connectivity index (χ0n) is 8.29. The minimum atomic E-state index is 0.378. The zero-order chi connectivity index (χ0) is 9.97. The lowest BCUT2D eigenvalue weighted by Crippen LogP contribution is -2.44. The predicted octanol–water partition coefficient (Wildman–Crippen LogP) is 2.01. The van der Waals surface area contributed by atoms with Crippen LogP contribution in [0.4, 0.5) is 0 Å². The summed E-state index contributed by atoms with van der Waals surface area (Å²) in [4.78, 5) is 2.43. The predicted molar refractivity (Wildman–Crippen MR) is 59.3 cm³/mol. The molecule has 0 aromatic carbocycles. The molecule has 2 rings (SSSR count). The Labute approximate surface area is 92.6 Å². The maximum absolute atomic E-state index is 5.55. The molecule has 0 amide bonds. The maximum atomic E-state index is 5.55. The van der Waals surface area contributed by atoms with Crippen LogP contribution in [0.1, 0.15) is 18.7 Å². The van der Waals surface area contributed by atoms with Crippen molar-refractivity contribution in [3.63, 3.8) is 0 Å². The molecule has 78 valence electrons. The van der Waals surface area contributed by atoms with Gasteiger partial charge in [0.2, 0.25) is 0 Å². The minimum Gasteiger partial charge on any atom is -0.453 e. The van der Waals surface area contributed by atoms with Crippen LogP contribution in [-0.4, -0.2) is 31.1 Å². The van der Waals surface area contributed by atoms with E-state index in [9.17, 15) is 0 Å². The van der Waals surface area contributed by atoms with Gasteiger partial charge in [-0.15, -0.1) is 0 Å². The molecule has 0 radical (unpaired) electrons. The maximum Gasteiger partial charge on any atom is 0.169 e. The lowest BCUT2D eigenvalue weighted by molar-refractivity contribution is 0.166. The highest BCUT2D eigenvalue weighted by Gasteiger charge is 2.20. The van der Waals surface area contributed by atoms with Crippen molar-refractivity contribution < 1.29 is 4.42 Å². The van der Waals surface area contributed by atoms with Crippen molar-refractivity contribution in [2.24, 2.45) is 0 Å². The van der Waals surface area contributed by atoms with Crippen molar-refractivity contribution >= 4 is 15.9 Å². The molecule has 1 atom stereocenters. The number of halogens is 1. The highest BCUT2D eigenvalue weighted by molar-refractivity contribution is 9.10. The van der Waals surface area contributed by atoms with Crippen molar-refractivity contribution in [2.45, 2.75) is 13.0 Å². The standard InChI is InChI=1S/C10H15BrN2O/c1-8(9-2-3-10(11)14-9)13-6-4-12-5-7-13/h2-3,8,12H,4-7H2,1H3/t8-/m0/s1. The van der Waals surface area contributed by atoms with Gasteiger partial charge in [-0.1, -0.05) is 0 Å². The average molecular weight is 259 g/mol. The van der Waals surface area contributed by atoms with Crippen molar-refractivity contribution in [1.82, 2.24) is 10.2 Å². The molecule has 0 unspecified atom stereocenters. The second-order valence-corrected chi connectivity index (χ2v) is 4.39. The van der Waals surface area contributed by atoms with E-state index < -0.39 is 0 Å². The summed E-state index contributed by atoms with van der Waals surface area (Å²) < 4.78 is 6.37. The number of hydrogen-bond acceptors (Lipinski definition) is 3. The Balaban J connectivity index is 2.03. The number of nitrogens with zero attached hydrogens (tertiary/aromatic N) is 1. The smallest absolute Gasteiger partial charge is 0.169 e. The Kier molecular flexibility index (Phi) is 3.26. The van der Waals surface area contributed by atoms with E-state index in [1.54, 1.807) is 0 Å². The molecule has 3 nitrogen and oxygen atoms in total. The van der Waals surface area contributed by atoms with Gasteiger partial charge in [0.15, 0.2) is 4.67 Å². The van der Waals surface area contributed by atoms with Crippen LogP contribution in [0, 0.1) is 0 Å².